The number of phenolic OH excluding ortho intramolecular Hbond substituents is 1. The maximum absolute atomic E-state index is 13.7. The van der Waals surface area contributed by atoms with Gasteiger partial charge in [0.05, 0.1) is 18.2 Å². The third kappa shape index (κ3) is 2.98. The molecule has 1 atom stereocenters. The minimum absolute atomic E-state index is 0.0444. The zero-order valence-electron chi connectivity index (χ0n) is 10.1. The number of hydrogen-bond acceptors (Lipinski definition) is 5. The minimum Gasteiger partial charge on any atom is -0.508 e. The van der Waals surface area contributed by atoms with Gasteiger partial charge in [0.2, 0.25) is 0 Å². The molecule has 1 aromatic rings. The number of nitrogens with two attached hydrogens (primary N) is 1. The molecule has 1 rings (SSSR count). The third-order valence-electron chi connectivity index (χ3n) is 2.43. The van der Waals surface area contributed by atoms with Crippen LogP contribution in [-0.4, -0.2) is 23.6 Å². The van der Waals surface area contributed by atoms with Crippen LogP contribution < -0.4 is 5.73 Å². The summed E-state index contributed by atoms with van der Waals surface area (Å²) in [5, 5.41) is 18.2. The van der Waals surface area contributed by atoms with Crippen LogP contribution >= 0.6 is 0 Å². The Bertz CT molecular complexity index is 526. The van der Waals surface area contributed by atoms with E-state index in [1.807, 2.05) is 0 Å². The molecular weight excluding hydrogens is 258 g/mol. The third-order valence-corrected chi connectivity index (χ3v) is 2.43. The van der Waals surface area contributed by atoms with Crippen molar-refractivity contribution in [2.24, 2.45) is 5.73 Å². The molecule has 0 aliphatic rings. The van der Waals surface area contributed by atoms with Gasteiger partial charge in [0.15, 0.2) is 0 Å². The molecule has 0 saturated carbocycles. The van der Waals surface area contributed by atoms with Crippen LogP contribution in [0, 0.1) is 11.3 Å². The van der Waals surface area contributed by atoms with Gasteiger partial charge < -0.3 is 15.6 Å². The van der Waals surface area contributed by atoms with E-state index in [2.05, 4.69) is 4.74 Å². The Kier molecular flexibility index (Phi) is 4.40. The van der Waals surface area contributed by atoms with Crippen LogP contribution in [0.1, 0.15) is 24.1 Å². The topological polar surface area (TPSA) is 96.3 Å². The van der Waals surface area contributed by atoms with E-state index in [9.17, 15) is 18.7 Å². The SMILES string of the molecule is CCOC(=O)C(F)(F)[C@H](N)c1cc(C#N)ccc1O. The van der Waals surface area contributed by atoms with Crippen molar-refractivity contribution in [1.29, 1.82) is 5.26 Å². The van der Waals surface area contributed by atoms with Crippen LogP contribution in [0.4, 0.5) is 8.78 Å². The van der Waals surface area contributed by atoms with E-state index in [4.69, 9.17) is 11.0 Å². The van der Waals surface area contributed by atoms with Crippen molar-refractivity contribution >= 4 is 5.97 Å². The summed E-state index contributed by atoms with van der Waals surface area (Å²) in [5.74, 6) is -6.29. The molecule has 19 heavy (non-hydrogen) atoms. The lowest BCUT2D eigenvalue weighted by molar-refractivity contribution is -0.174. The van der Waals surface area contributed by atoms with E-state index in [-0.39, 0.29) is 12.2 Å². The van der Waals surface area contributed by atoms with Gasteiger partial charge in [-0.1, -0.05) is 0 Å². The standard InChI is InChI=1S/C12H12F2N2O3/c1-2-19-11(18)12(13,14)10(16)8-5-7(6-15)3-4-9(8)17/h3-5,10,17H,2,16H2,1H3/t10-/m1/s1. The average Bonchev–Trinajstić information content (AvgIpc) is 2.38. The summed E-state index contributed by atoms with van der Waals surface area (Å²) in [6.07, 6.45) is 0. The number of carbonyl (C=O) groups is 1. The Morgan fingerprint density at radius 2 is 2.26 bits per heavy atom. The quantitative estimate of drug-likeness (QED) is 0.807. The Balaban J connectivity index is 3.15. The fraction of sp³-hybridized carbons (Fsp3) is 0.333. The predicted octanol–water partition coefficient (Wildman–Crippen LogP) is 1.46. The van der Waals surface area contributed by atoms with Crippen molar-refractivity contribution in [3.8, 4) is 11.8 Å². The number of alkyl halides is 2. The fourth-order valence-corrected chi connectivity index (χ4v) is 1.42. The number of halogens is 2. The number of rotatable bonds is 4. The van der Waals surface area contributed by atoms with E-state index in [1.165, 1.54) is 13.0 Å². The molecule has 0 aliphatic heterocycles. The van der Waals surface area contributed by atoms with Gasteiger partial charge in [-0.05, 0) is 25.1 Å². The minimum atomic E-state index is -4.00. The van der Waals surface area contributed by atoms with Gasteiger partial charge in [0.1, 0.15) is 11.8 Å². The van der Waals surface area contributed by atoms with Crippen LogP contribution in [0.15, 0.2) is 18.2 Å². The Morgan fingerprint density at radius 1 is 1.63 bits per heavy atom. The summed E-state index contributed by atoms with van der Waals surface area (Å²) in [6.45, 7) is 1.17. The lowest BCUT2D eigenvalue weighted by Crippen LogP contribution is -2.41. The monoisotopic (exact) mass is 270 g/mol. The first kappa shape index (κ1) is 14.9. The van der Waals surface area contributed by atoms with Crippen molar-refractivity contribution in [2.45, 2.75) is 18.9 Å². The molecule has 0 fully saturated rings. The van der Waals surface area contributed by atoms with Gasteiger partial charge in [-0.25, -0.2) is 4.79 Å². The molecule has 0 unspecified atom stereocenters. The molecule has 0 amide bonds. The molecule has 0 heterocycles. The van der Waals surface area contributed by atoms with E-state index < -0.39 is 29.2 Å². The van der Waals surface area contributed by atoms with Gasteiger partial charge in [-0.3, -0.25) is 0 Å². The fourth-order valence-electron chi connectivity index (χ4n) is 1.42. The molecular formula is C12H12F2N2O3. The van der Waals surface area contributed by atoms with Crippen molar-refractivity contribution in [2.75, 3.05) is 6.61 Å². The number of hydrogen-bond donors (Lipinski definition) is 2. The lowest BCUT2D eigenvalue weighted by atomic mass is 9.98. The molecule has 0 bridgehead atoms. The number of nitrogens with zero attached hydrogens (tertiary/aromatic N) is 1. The molecule has 0 radical (unpaired) electrons. The summed E-state index contributed by atoms with van der Waals surface area (Å²) in [5.41, 5.74) is 4.96. The van der Waals surface area contributed by atoms with E-state index >= 15 is 0 Å². The van der Waals surface area contributed by atoms with Crippen molar-refractivity contribution in [1.82, 2.24) is 0 Å². The van der Waals surface area contributed by atoms with E-state index in [0.717, 1.165) is 12.1 Å². The second kappa shape index (κ2) is 5.63. The second-order valence-electron chi connectivity index (χ2n) is 3.71. The summed E-state index contributed by atoms with van der Waals surface area (Å²) >= 11 is 0. The molecule has 0 aromatic heterocycles. The van der Waals surface area contributed by atoms with Crippen LogP contribution in [0.3, 0.4) is 0 Å². The van der Waals surface area contributed by atoms with Crippen molar-refractivity contribution in [3.05, 3.63) is 29.3 Å². The van der Waals surface area contributed by atoms with Gasteiger partial charge in [-0.15, -0.1) is 0 Å². The Morgan fingerprint density at radius 3 is 2.79 bits per heavy atom. The highest BCUT2D eigenvalue weighted by atomic mass is 19.3. The number of carbonyl (C=O) groups excluding carboxylic acids is 1. The van der Waals surface area contributed by atoms with Crippen LogP contribution in [0.5, 0.6) is 5.75 Å². The smallest absolute Gasteiger partial charge is 0.379 e. The van der Waals surface area contributed by atoms with Crippen LogP contribution in [-0.2, 0) is 9.53 Å². The van der Waals surface area contributed by atoms with E-state index in [0.29, 0.717) is 0 Å². The second-order valence-corrected chi connectivity index (χ2v) is 3.71. The molecule has 3 N–H and O–H groups in total. The number of benzene rings is 1. The molecule has 102 valence electrons. The molecule has 0 saturated heterocycles. The van der Waals surface area contributed by atoms with Crippen molar-refractivity contribution in [3.63, 3.8) is 0 Å². The predicted molar refractivity (Wildman–Crippen MR) is 61.3 cm³/mol. The van der Waals surface area contributed by atoms with Crippen LogP contribution in [0.2, 0.25) is 0 Å². The first-order chi connectivity index (χ1) is 8.84. The largest absolute Gasteiger partial charge is 0.508 e. The first-order valence-electron chi connectivity index (χ1n) is 5.38. The summed E-state index contributed by atoms with van der Waals surface area (Å²) in [7, 11) is 0. The van der Waals surface area contributed by atoms with Gasteiger partial charge in [-0.2, -0.15) is 14.0 Å². The molecule has 1 aromatic carbocycles. The van der Waals surface area contributed by atoms with Crippen molar-refractivity contribution < 1.29 is 23.4 Å². The zero-order valence-corrected chi connectivity index (χ0v) is 10.1. The average molecular weight is 270 g/mol. The summed E-state index contributed by atoms with van der Waals surface area (Å²) < 4.78 is 31.6. The Hall–Kier alpha value is -2.20. The first-order valence-corrected chi connectivity index (χ1v) is 5.38. The highest BCUT2D eigenvalue weighted by molar-refractivity contribution is 5.79. The highest BCUT2D eigenvalue weighted by Gasteiger charge is 2.48. The number of nitriles is 1. The van der Waals surface area contributed by atoms with Gasteiger partial charge in [0.25, 0.3) is 0 Å². The van der Waals surface area contributed by atoms with Gasteiger partial charge in [0, 0.05) is 5.56 Å². The van der Waals surface area contributed by atoms with Crippen LogP contribution in [0.25, 0.3) is 0 Å². The lowest BCUT2D eigenvalue weighted by Gasteiger charge is -2.22. The maximum atomic E-state index is 13.7. The maximum Gasteiger partial charge on any atom is 0.379 e. The number of ether oxygens (including phenoxy) is 1. The normalized spacial score (nSPS) is 12.6. The zero-order chi connectivity index (χ0) is 14.6. The molecule has 7 heteroatoms. The summed E-state index contributed by atoms with van der Waals surface area (Å²) in [4.78, 5) is 11.1. The number of phenols is 1. The highest BCUT2D eigenvalue weighted by Crippen LogP contribution is 2.35. The molecule has 0 spiro atoms. The Labute approximate surface area is 108 Å². The van der Waals surface area contributed by atoms with Gasteiger partial charge >= 0.3 is 11.9 Å². The number of aromatic hydroxyl groups is 1. The van der Waals surface area contributed by atoms with E-state index in [1.54, 1.807) is 6.07 Å². The number of esters is 1. The molecule has 0 aliphatic carbocycles. The molecule has 5 nitrogen and oxygen atoms in total. The summed E-state index contributed by atoms with van der Waals surface area (Å²) in [6, 6.07) is 2.95.